The topological polar surface area (TPSA) is 93.1 Å². The third kappa shape index (κ3) is 11.4. The molecule has 0 aliphatic rings. The van der Waals surface area contributed by atoms with Crippen molar-refractivity contribution in [2.75, 3.05) is 26.4 Å². The van der Waals surface area contributed by atoms with Crippen molar-refractivity contribution in [1.82, 2.24) is 0 Å². The SMILES string of the molecule is C=C(CO)C(=O)OCCC.C=C(CO)C(=O)OCCC. The molecule has 0 bridgehead atoms. The van der Waals surface area contributed by atoms with E-state index in [1.807, 2.05) is 13.8 Å². The summed E-state index contributed by atoms with van der Waals surface area (Å²) in [5.41, 5.74) is 0.210. The minimum absolute atomic E-state index is 0.105. The first-order valence-corrected chi connectivity index (χ1v) is 6.35. The van der Waals surface area contributed by atoms with E-state index in [-0.39, 0.29) is 24.4 Å². The molecule has 0 amide bonds. The molecule has 0 rings (SSSR count). The van der Waals surface area contributed by atoms with Crippen molar-refractivity contribution in [3.63, 3.8) is 0 Å². The standard InChI is InChI=1S/2C7H12O3/c2*1-3-4-10-7(9)6(2)5-8/h2*8H,2-5H2,1H3. The molecule has 6 nitrogen and oxygen atoms in total. The molecule has 0 aromatic rings. The molecule has 0 aromatic heterocycles. The highest BCUT2D eigenvalue weighted by Crippen LogP contribution is 1.93. The van der Waals surface area contributed by atoms with Gasteiger partial charge in [0.25, 0.3) is 0 Å². The summed E-state index contributed by atoms with van der Waals surface area (Å²) in [4.78, 5) is 21.3. The molecule has 0 aromatic carbocycles. The van der Waals surface area contributed by atoms with Gasteiger partial charge in [-0.15, -0.1) is 0 Å². The first kappa shape index (κ1) is 20.7. The normalized spacial score (nSPS) is 9.00. The maximum Gasteiger partial charge on any atom is 0.335 e. The van der Waals surface area contributed by atoms with Gasteiger partial charge < -0.3 is 19.7 Å². The quantitative estimate of drug-likeness (QED) is 0.511. The lowest BCUT2D eigenvalue weighted by molar-refractivity contribution is -0.140. The van der Waals surface area contributed by atoms with Crippen molar-refractivity contribution in [3.8, 4) is 0 Å². The van der Waals surface area contributed by atoms with Crippen LogP contribution in [0.25, 0.3) is 0 Å². The van der Waals surface area contributed by atoms with E-state index in [4.69, 9.17) is 10.2 Å². The Balaban J connectivity index is 0. The third-order valence-electron chi connectivity index (χ3n) is 1.83. The Hall–Kier alpha value is -1.66. The Labute approximate surface area is 119 Å². The fraction of sp³-hybridized carbons (Fsp3) is 0.571. The predicted molar refractivity (Wildman–Crippen MR) is 75.0 cm³/mol. The van der Waals surface area contributed by atoms with Crippen LogP contribution in [0.5, 0.6) is 0 Å². The Bertz CT molecular complexity index is 290. The smallest absolute Gasteiger partial charge is 0.335 e. The van der Waals surface area contributed by atoms with Gasteiger partial charge in [0.15, 0.2) is 0 Å². The van der Waals surface area contributed by atoms with Gasteiger partial charge in [-0.2, -0.15) is 0 Å². The van der Waals surface area contributed by atoms with Crippen molar-refractivity contribution in [2.45, 2.75) is 26.7 Å². The molecular weight excluding hydrogens is 264 g/mol. The lowest BCUT2D eigenvalue weighted by Gasteiger charge is -2.01. The van der Waals surface area contributed by atoms with Crippen LogP contribution in [0, 0.1) is 0 Å². The molecule has 0 saturated carbocycles. The minimum Gasteiger partial charge on any atom is -0.462 e. The zero-order valence-electron chi connectivity index (χ0n) is 12.2. The Morgan fingerprint density at radius 1 is 0.850 bits per heavy atom. The Kier molecular flexibility index (Phi) is 14.2. The van der Waals surface area contributed by atoms with E-state index in [1.165, 1.54) is 0 Å². The molecule has 116 valence electrons. The highest BCUT2D eigenvalue weighted by molar-refractivity contribution is 5.88. The number of ether oxygens (including phenoxy) is 2. The van der Waals surface area contributed by atoms with Gasteiger partial charge in [0, 0.05) is 0 Å². The largest absolute Gasteiger partial charge is 0.462 e. The molecule has 20 heavy (non-hydrogen) atoms. The van der Waals surface area contributed by atoms with E-state index in [0.717, 1.165) is 12.8 Å². The fourth-order valence-corrected chi connectivity index (χ4v) is 0.723. The molecule has 0 aliphatic carbocycles. The Morgan fingerprint density at radius 3 is 1.35 bits per heavy atom. The van der Waals surface area contributed by atoms with Gasteiger partial charge in [-0.1, -0.05) is 27.0 Å². The molecule has 0 fully saturated rings. The summed E-state index contributed by atoms with van der Waals surface area (Å²) in [5, 5.41) is 16.8. The lowest BCUT2D eigenvalue weighted by atomic mass is 10.3. The summed E-state index contributed by atoms with van der Waals surface area (Å²) < 4.78 is 9.29. The van der Waals surface area contributed by atoms with Gasteiger partial charge in [0.05, 0.1) is 37.6 Å². The molecule has 2 N–H and O–H groups in total. The highest BCUT2D eigenvalue weighted by Gasteiger charge is 2.05. The van der Waals surface area contributed by atoms with E-state index in [2.05, 4.69) is 22.6 Å². The minimum atomic E-state index is -0.510. The lowest BCUT2D eigenvalue weighted by Crippen LogP contribution is -2.10. The van der Waals surface area contributed by atoms with Crippen LogP contribution in [-0.2, 0) is 19.1 Å². The van der Waals surface area contributed by atoms with Crippen molar-refractivity contribution in [2.24, 2.45) is 0 Å². The average molecular weight is 288 g/mol. The van der Waals surface area contributed by atoms with Crippen LogP contribution >= 0.6 is 0 Å². The van der Waals surface area contributed by atoms with Crippen molar-refractivity contribution >= 4 is 11.9 Å². The molecule has 0 atom stereocenters. The number of carbonyl (C=O) groups excluding carboxylic acids is 2. The zero-order valence-corrected chi connectivity index (χ0v) is 12.2. The summed E-state index contributed by atoms with van der Waals surface area (Å²) in [6.07, 6.45) is 1.56. The van der Waals surface area contributed by atoms with Gasteiger partial charge in [-0.25, -0.2) is 9.59 Å². The average Bonchev–Trinajstić information content (AvgIpc) is 2.48. The molecule has 0 spiro atoms. The molecule has 0 aliphatic heterocycles. The van der Waals surface area contributed by atoms with Crippen molar-refractivity contribution in [1.29, 1.82) is 0 Å². The van der Waals surface area contributed by atoms with Crippen LogP contribution < -0.4 is 0 Å². The molecular formula is C14H24O6. The van der Waals surface area contributed by atoms with Gasteiger partial charge >= 0.3 is 11.9 Å². The maximum atomic E-state index is 10.7. The summed E-state index contributed by atoms with van der Waals surface area (Å²) in [5.74, 6) is -1.02. The van der Waals surface area contributed by atoms with Crippen LogP contribution in [0.2, 0.25) is 0 Å². The monoisotopic (exact) mass is 288 g/mol. The number of carbonyl (C=O) groups is 2. The van der Waals surface area contributed by atoms with E-state index < -0.39 is 11.9 Å². The van der Waals surface area contributed by atoms with Crippen molar-refractivity contribution in [3.05, 3.63) is 24.3 Å². The second kappa shape index (κ2) is 13.8. The van der Waals surface area contributed by atoms with E-state index >= 15 is 0 Å². The van der Waals surface area contributed by atoms with E-state index in [1.54, 1.807) is 0 Å². The van der Waals surface area contributed by atoms with Crippen LogP contribution in [0.3, 0.4) is 0 Å². The van der Waals surface area contributed by atoms with Gasteiger partial charge in [0.1, 0.15) is 0 Å². The zero-order chi connectivity index (χ0) is 16.0. The Morgan fingerprint density at radius 2 is 1.15 bits per heavy atom. The summed E-state index contributed by atoms with van der Waals surface area (Å²) >= 11 is 0. The van der Waals surface area contributed by atoms with Crippen LogP contribution in [-0.4, -0.2) is 48.6 Å². The third-order valence-corrected chi connectivity index (χ3v) is 1.83. The molecule has 0 unspecified atom stereocenters. The second-order valence-corrected chi connectivity index (χ2v) is 3.80. The van der Waals surface area contributed by atoms with Gasteiger partial charge in [-0.3, -0.25) is 0 Å². The molecule has 0 radical (unpaired) electrons. The maximum absolute atomic E-state index is 10.7. The van der Waals surface area contributed by atoms with Gasteiger partial charge in [-0.05, 0) is 12.8 Å². The number of hydrogen-bond donors (Lipinski definition) is 2. The number of aliphatic hydroxyl groups excluding tert-OH is 2. The van der Waals surface area contributed by atoms with Crippen LogP contribution in [0.15, 0.2) is 24.3 Å². The number of rotatable bonds is 8. The molecule has 0 saturated heterocycles. The summed E-state index contributed by atoms with van der Waals surface area (Å²) in [6, 6.07) is 0. The summed E-state index contributed by atoms with van der Waals surface area (Å²) in [7, 11) is 0. The molecule has 0 heterocycles. The predicted octanol–water partition coefficient (Wildman–Crippen LogP) is 0.976. The van der Waals surface area contributed by atoms with Crippen LogP contribution in [0.1, 0.15) is 26.7 Å². The van der Waals surface area contributed by atoms with Gasteiger partial charge in [0.2, 0.25) is 0 Å². The first-order valence-electron chi connectivity index (χ1n) is 6.35. The second-order valence-electron chi connectivity index (χ2n) is 3.80. The fourth-order valence-electron chi connectivity index (χ4n) is 0.723. The summed E-state index contributed by atoms with van der Waals surface area (Å²) in [6.45, 7) is 10.5. The van der Waals surface area contributed by atoms with Crippen molar-refractivity contribution < 1.29 is 29.3 Å². The van der Waals surface area contributed by atoms with E-state index in [9.17, 15) is 9.59 Å². The van der Waals surface area contributed by atoms with E-state index in [0.29, 0.717) is 13.2 Å². The van der Waals surface area contributed by atoms with Crippen LogP contribution in [0.4, 0.5) is 0 Å². The highest BCUT2D eigenvalue weighted by atomic mass is 16.5. The number of esters is 2. The number of aliphatic hydroxyl groups is 2. The first-order chi connectivity index (χ1) is 9.44. The molecule has 6 heteroatoms. The number of hydrogen-bond acceptors (Lipinski definition) is 6.